The van der Waals surface area contributed by atoms with Crippen molar-refractivity contribution in [2.75, 3.05) is 11.9 Å². The Balaban J connectivity index is 2.29. The van der Waals surface area contributed by atoms with E-state index in [1.54, 1.807) is 6.07 Å². The van der Waals surface area contributed by atoms with Gasteiger partial charge >= 0.3 is 5.97 Å². The molecule has 0 fully saturated rings. The van der Waals surface area contributed by atoms with Crippen LogP contribution in [0.1, 0.15) is 47.8 Å². The summed E-state index contributed by atoms with van der Waals surface area (Å²) in [5.41, 5.74) is 2.29. The molecule has 5 nitrogen and oxygen atoms in total. The van der Waals surface area contributed by atoms with Crippen LogP contribution >= 0.6 is 0 Å². The Morgan fingerprint density at radius 2 is 2.32 bits per heavy atom. The van der Waals surface area contributed by atoms with Gasteiger partial charge in [-0.15, -0.1) is 0 Å². The lowest BCUT2D eigenvalue weighted by Gasteiger charge is -2.18. The summed E-state index contributed by atoms with van der Waals surface area (Å²) >= 11 is 0. The fourth-order valence-electron chi connectivity index (χ4n) is 2.47. The first-order chi connectivity index (χ1) is 9.15. The van der Waals surface area contributed by atoms with E-state index in [1.165, 1.54) is 0 Å². The molecule has 0 spiro atoms. The lowest BCUT2D eigenvalue weighted by molar-refractivity contribution is 0.0697. The van der Waals surface area contributed by atoms with Crippen molar-refractivity contribution in [3.63, 3.8) is 0 Å². The van der Waals surface area contributed by atoms with Gasteiger partial charge < -0.3 is 15.5 Å². The summed E-state index contributed by atoms with van der Waals surface area (Å²) in [6.45, 7) is 2.08. The van der Waals surface area contributed by atoms with E-state index < -0.39 is 5.97 Å². The summed E-state index contributed by atoms with van der Waals surface area (Å²) in [5, 5.41) is 21.4. The zero-order chi connectivity index (χ0) is 13.8. The average molecular weight is 264 g/mol. The van der Waals surface area contributed by atoms with Crippen molar-refractivity contribution in [2.24, 2.45) is 0 Å². The molecule has 1 atom stereocenters. The Morgan fingerprint density at radius 3 is 2.95 bits per heavy atom. The number of aromatic nitrogens is 1. The highest BCUT2D eigenvalue weighted by Crippen LogP contribution is 2.26. The third kappa shape index (κ3) is 3.04. The predicted molar refractivity (Wildman–Crippen MR) is 72.6 cm³/mol. The summed E-state index contributed by atoms with van der Waals surface area (Å²) in [7, 11) is 0. The molecular weight excluding hydrogens is 244 g/mol. The molecule has 1 aromatic heterocycles. The zero-order valence-electron chi connectivity index (χ0n) is 11.1. The second kappa shape index (κ2) is 6.02. The van der Waals surface area contributed by atoms with Gasteiger partial charge in [-0.3, -0.25) is 0 Å². The topological polar surface area (TPSA) is 82.5 Å². The first-order valence-corrected chi connectivity index (χ1v) is 6.79. The molecule has 0 saturated carbocycles. The molecule has 0 amide bonds. The van der Waals surface area contributed by atoms with Crippen LogP contribution in [0.2, 0.25) is 0 Å². The second-order valence-corrected chi connectivity index (χ2v) is 4.91. The zero-order valence-corrected chi connectivity index (χ0v) is 11.1. The summed E-state index contributed by atoms with van der Waals surface area (Å²) in [4.78, 5) is 15.8. The van der Waals surface area contributed by atoms with Crippen molar-refractivity contribution in [3.8, 4) is 0 Å². The molecule has 1 aromatic rings. The van der Waals surface area contributed by atoms with E-state index in [1.807, 2.05) is 6.92 Å². The van der Waals surface area contributed by atoms with Gasteiger partial charge in [0.25, 0.3) is 0 Å². The third-order valence-corrected chi connectivity index (χ3v) is 3.59. The number of aromatic carboxylic acids is 1. The lowest BCUT2D eigenvalue weighted by atomic mass is 10.1. The quantitative estimate of drug-likeness (QED) is 0.730. The molecule has 1 aliphatic carbocycles. The average Bonchev–Trinajstić information content (AvgIpc) is 2.84. The Labute approximate surface area is 112 Å². The number of hydrogen-bond donors (Lipinski definition) is 3. The first-order valence-electron chi connectivity index (χ1n) is 6.79. The smallest absolute Gasteiger partial charge is 0.339 e. The maximum Gasteiger partial charge on any atom is 0.339 e. The molecule has 2 rings (SSSR count). The number of hydrogen-bond acceptors (Lipinski definition) is 4. The number of carboxylic acids is 1. The minimum Gasteiger partial charge on any atom is -0.478 e. The van der Waals surface area contributed by atoms with E-state index in [0.717, 1.165) is 36.9 Å². The summed E-state index contributed by atoms with van der Waals surface area (Å²) < 4.78 is 0. The van der Waals surface area contributed by atoms with Gasteiger partial charge in [-0.2, -0.15) is 0 Å². The van der Waals surface area contributed by atoms with E-state index in [-0.39, 0.29) is 18.2 Å². The van der Waals surface area contributed by atoms with Crippen molar-refractivity contribution in [1.82, 2.24) is 4.98 Å². The van der Waals surface area contributed by atoms with E-state index in [9.17, 15) is 9.90 Å². The Morgan fingerprint density at radius 1 is 1.53 bits per heavy atom. The van der Waals surface area contributed by atoms with E-state index in [2.05, 4.69) is 10.3 Å². The normalized spacial score (nSPS) is 15.1. The standard InChI is InChI=1S/C14H20N2O3/c1-2-10(6-7-17)15-13-11(14(18)19)8-9-4-3-5-12(9)16-13/h8,10,17H,2-7H2,1H3,(H,15,16)(H,18,19). The molecule has 104 valence electrons. The number of nitrogens with zero attached hydrogens (tertiary/aromatic N) is 1. The first kappa shape index (κ1) is 13.8. The van der Waals surface area contributed by atoms with Crippen molar-refractivity contribution < 1.29 is 15.0 Å². The van der Waals surface area contributed by atoms with Crippen molar-refractivity contribution >= 4 is 11.8 Å². The van der Waals surface area contributed by atoms with Crippen LogP contribution in [0.25, 0.3) is 0 Å². The summed E-state index contributed by atoms with van der Waals surface area (Å²) in [6, 6.07) is 1.79. The maximum absolute atomic E-state index is 11.3. The maximum atomic E-state index is 11.3. The van der Waals surface area contributed by atoms with Crippen LogP contribution in [0, 0.1) is 0 Å². The number of aliphatic hydroxyl groups is 1. The molecule has 0 aromatic carbocycles. The minimum absolute atomic E-state index is 0.0510. The lowest BCUT2D eigenvalue weighted by Crippen LogP contribution is -2.22. The Hall–Kier alpha value is -1.62. The number of pyridine rings is 1. The highest BCUT2D eigenvalue weighted by Gasteiger charge is 2.21. The van der Waals surface area contributed by atoms with Crippen molar-refractivity contribution in [1.29, 1.82) is 0 Å². The monoisotopic (exact) mass is 264 g/mol. The van der Waals surface area contributed by atoms with E-state index in [4.69, 9.17) is 5.11 Å². The summed E-state index contributed by atoms with van der Waals surface area (Å²) in [6.07, 6.45) is 4.28. The molecule has 1 unspecified atom stereocenters. The van der Waals surface area contributed by atoms with Gasteiger partial charge in [-0.25, -0.2) is 9.78 Å². The number of carbonyl (C=O) groups is 1. The van der Waals surface area contributed by atoms with Crippen LogP contribution < -0.4 is 5.32 Å². The minimum atomic E-state index is -0.955. The van der Waals surface area contributed by atoms with E-state index >= 15 is 0 Å². The molecule has 0 bridgehead atoms. The number of carboxylic acid groups (broad SMARTS) is 1. The number of aliphatic hydroxyl groups excluding tert-OH is 1. The number of nitrogens with one attached hydrogen (secondary N) is 1. The number of rotatable bonds is 6. The van der Waals surface area contributed by atoms with Crippen LogP contribution in [0.15, 0.2) is 6.07 Å². The van der Waals surface area contributed by atoms with Gasteiger partial charge in [0.1, 0.15) is 11.4 Å². The molecular formula is C14H20N2O3. The van der Waals surface area contributed by atoms with Gasteiger partial charge in [-0.1, -0.05) is 6.92 Å². The predicted octanol–water partition coefficient (Wildman–Crippen LogP) is 1.84. The van der Waals surface area contributed by atoms with Gasteiger partial charge in [-0.05, 0) is 43.7 Å². The van der Waals surface area contributed by atoms with Gasteiger partial charge in [0.15, 0.2) is 0 Å². The molecule has 19 heavy (non-hydrogen) atoms. The van der Waals surface area contributed by atoms with Gasteiger partial charge in [0.05, 0.1) is 0 Å². The summed E-state index contributed by atoms with van der Waals surface area (Å²) in [5.74, 6) is -0.517. The molecule has 0 saturated heterocycles. The molecule has 0 radical (unpaired) electrons. The number of anilines is 1. The Kier molecular flexibility index (Phi) is 4.37. The molecule has 3 N–H and O–H groups in total. The fraction of sp³-hybridized carbons (Fsp3) is 0.571. The number of fused-ring (bicyclic) bond motifs is 1. The van der Waals surface area contributed by atoms with Gasteiger partial charge in [0, 0.05) is 18.3 Å². The molecule has 1 heterocycles. The molecule has 1 aliphatic rings. The third-order valence-electron chi connectivity index (χ3n) is 3.59. The molecule has 5 heteroatoms. The second-order valence-electron chi connectivity index (χ2n) is 4.91. The van der Waals surface area contributed by atoms with Crippen LogP contribution in [-0.4, -0.2) is 33.8 Å². The highest BCUT2D eigenvalue weighted by molar-refractivity contribution is 5.93. The molecule has 0 aliphatic heterocycles. The van der Waals surface area contributed by atoms with Gasteiger partial charge in [0.2, 0.25) is 0 Å². The fourth-order valence-corrected chi connectivity index (χ4v) is 2.47. The van der Waals surface area contributed by atoms with E-state index in [0.29, 0.717) is 12.2 Å². The van der Waals surface area contributed by atoms with Crippen molar-refractivity contribution in [2.45, 2.75) is 45.1 Å². The number of aryl methyl sites for hydroxylation is 2. The van der Waals surface area contributed by atoms with Crippen LogP contribution in [0.5, 0.6) is 0 Å². The van der Waals surface area contributed by atoms with Crippen molar-refractivity contribution in [3.05, 3.63) is 22.9 Å². The van der Waals surface area contributed by atoms with Crippen LogP contribution in [-0.2, 0) is 12.8 Å². The Bertz CT molecular complexity index is 474. The largest absolute Gasteiger partial charge is 0.478 e. The van der Waals surface area contributed by atoms with Crippen LogP contribution in [0.3, 0.4) is 0 Å². The highest BCUT2D eigenvalue weighted by atomic mass is 16.4. The van der Waals surface area contributed by atoms with Crippen LogP contribution in [0.4, 0.5) is 5.82 Å². The SMILES string of the molecule is CCC(CCO)Nc1nc2c(cc1C(=O)O)CCC2.